The Hall–Kier alpha value is -3.99. The largest absolute Gasteiger partial charge is 0.490 e. The van der Waals surface area contributed by atoms with Crippen LogP contribution in [0, 0.1) is 20.2 Å². The lowest BCUT2D eigenvalue weighted by atomic mass is 10.2. The normalized spacial score (nSPS) is 10.7. The van der Waals surface area contributed by atoms with Crippen molar-refractivity contribution in [3.8, 4) is 11.5 Å². The zero-order valence-corrected chi connectivity index (χ0v) is 19.0. The number of halogens is 1. The lowest BCUT2D eigenvalue weighted by Gasteiger charge is -2.14. The molecule has 33 heavy (non-hydrogen) atoms. The van der Waals surface area contributed by atoms with Crippen molar-refractivity contribution in [2.24, 2.45) is 5.10 Å². The van der Waals surface area contributed by atoms with Crippen LogP contribution in [0.4, 0.5) is 17.1 Å². The molecule has 0 atom stereocenters. The van der Waals surface area contributed by atoms with E-state index in [1.807, 2.05) is 37.3 Å². The van der Waals surface area contributed by atoms with Crippen LogP contribution in [-0.2, 0) is 6.61 Å². The third-order valence-corrected chi connectivity index (χ3v) is 4.93. The molecule has 3 aromatic rings. The van der Waals surface area contributed by atoms with Gasteiger partial charge in [-0.1, -0.05) is 30.3 Å². The van der Waals surface area contributed by atoms with Crippen molar-refractivity contribution in [2.75, 3.05) is 12.0 Å². The van der Waals surface area contributed by atoms with E-state index in [-0.39, 0.29) is 11.4 Å². The van der Waals surface area contributed by atoms with E-state index in [1.54, 1.807) is 12.1 Å². The van der Waals surface area contributed by atoms with Crippen molar-refractivity contribution in [3.05, 3.63) is 96.5 Å². The summed E-state index contributed by atoms with van der Waals surface area (Å²) in [6, 6.07) is 16.5. The summed E-state index contributed by atoms with van der Waals surface area (Å²) in [4.78, 5) is 20.7. The van der Waals surface area contributed by atoms with E-state index < -0.39 is 15.5 Å². The highest BCUT2D eigenvalue weighted by atomic mass is 79.9. The van der Waals surface area contributed by atoms with Gasteiger partial charge in [-0.15, -0.1) is 0 Å². The number of nitro benzene ring substituents is 2. The topological polar surface area (TPSA) is 129 Å². The minimum Gasteiger partial charge on any atom is -0.490 e. The summed E-state index contributed by atoms with van der Waals surface area (Å²) in [6.45, 7) is 2.63. The lowest BCUT2D eigenvalue weighted by Crippen LogP contribution is -2.02. The van der Waals surface area contributed by atoms with Gasteiger partial charge in [-0.3, -0.25) is 25.7 Å². The number of nitrogens with zero attached hydrogens (tertiary/aromatic N) is 3. The fourth-order valence-electron chi connectivity index (χ4n) is 2.85. The number of benzene rings is 3. The molecule has 11 heteroatoms. The number of nitro groups is 2. The van der Waals surface area contributed by atoms with Crippen LogP contribution in [0.1, 0.15) is 18.1 Å². The Bertz CT molecular complexity index is 1190. The van der Waals surface area contributed by atoms with Crippen LogP contribution >= 0.6 is 15.9 Å². The zero-order valence-electron chi connectivity index (χ0n) is 17.4. The summed E-state index contributed by atoms with van der Waals surface area (Å²) >= 11 is 3.49. The van der Waals surface area contributed by atoms with Crippen LogP contribution in [0.3, 0.4) is 0 Å². The zero-order chi connectivity index (χ0) is 23.8. The predicted molar refractivity (Wildman–Crippen MR) is 127 cm³/mol. The van der Waals surface area contributed by atoms with Gasteiger partial charge < -0.3 is 9.47 Å². The van der Waals surface area contributed by atoms with E-state index in [2.05, 4.69) is 26.5 Å². The van der Waals surface area contributed by atoms with Crippen molar-refractivity contribution in [2.45, 2.75) is 13.5 Å². The van der Waals surface area contributed by atoms with Crippen LogP contribution < -0.4 is 14.9 Å². The van der Waals surface area contributed by atoms with Gasteiger partial charge in [0.2, 0.25) is 0 Å². The number of hydrogen-bond acceptors (Lipinski definition) is 8. The molecule has 0 unspecified atom stereocenters. The molecule has 0 radical (unpaired) electrons. The van der Waals surface area contributed by atoms with E-state index >= 15 is 0 Å². The second-order valence-corrected chi connectivity index (χ2v) is 7.48. The minimum absolute atomic E-state index is 0.0220. The first-order chi connectivity index (χ1) is 15.9. The maximum atomic E-state index is 11.2. The Labute approximate surface area is 197 Å². The molecule has 1 N–H and O–H groups in total. The molecule has 0 heterocycles. The quantitative estimate of drug-likeness (QED) is 0.209. The minimum atomic E-state index is -0.715. The van der Waals surface area contributed by atoms with Gasteiger partial charge in [0.05, 0.1) is 33.2 Å². The number of hydrazone groups is 1. The lowest BCUT2D eigenvalue weighted by molar-refractivity contribution is -0.393. The molecule has 0 aliphatic heterocycles. The molecule has 0 saturated carbocycles. The van der Waals surface area contributed by atoms with Crippen LogP contribution in [0.5, 0.6) is 11.5 Å². The monoisotopic (exact) mass is 514 g/mol. The molecular formula is C22H19BrN4O6. The van der Waals surface area contributed by atoms with E-state index in [9.17, 15) is 20.2 Å². The first-order valence-corrected chi connectivity index (χ1v) is 10.5. The van der Waals surface area contributed by atoms with Crippen molar-refractivity contribution < 1.29 is 19.3 Å². The Morgan fingerprint density at radius 3 is 2.45 bits per heavy atom. The summed E-state index contributed by atoms with van der Waals surface area (Å²) in [5.41, 5.74) is 3.38. The van der Waals surface area contributed by atoms with Crippen LogP contribution in [0.15, 0.2) is 70.2 Å². The molecule has 3 aromatic carbocycles. The maximum Gasteiger partial charge on any atom is 0.301 e. The highest BCUT2D eigenvalue weighted by Gasteiger charge is 2.19. The third-order valence-electron chi connectivity index (χ3n) is 4.35. The van der Waals surface area contributed by atoms with Gasteiger partial charge >= 0.3 is 5.69 Å². The van der Waals surface area contributed by atoms with Gasteiger partial charge in [0, 0.05) is 6.07 Å². The fourth-order valence-corrected chi connectivity index (χ4v) is 3.42. The number of non-ortho nitro benzene ring substituents is 1. The molecule has 0 spiro atoms. The van der Waals surface area contributed by atoms with Crippen LogP contribution in [-0.4, -0.2) is 22.7 Å². The summed E-state index contributed by atoms with van der Waals surface area (Å²) in [5, 5.41) is 26.1. The number of hydrogen-bond donors (Lipinski definition) is 1. The molecule has 10 nitrogen and oxygen atoms in total. The van der Waals surface area contributed by atoms with Crippen molar-refractivity contribution in [1.29, 1.82) is 0 Å². The number of nitrogens with one attached hydrogen (secondary N) is 1. The molecule has 3 rings (SSSR count). The summed E-state index contributed by atoms with van der Waals surface area (Å²) in [7, 11) is 0. The van der Waals surface area contributed by atoms with Gasteiger partial charge in [0.1, 0.15) is 12.3 Å². The average molecular weight is 515 g/mol. The maximum absolute atomic E-state index is 11.2. The van der Waals surface area contributed by atoms with Crippen molar-refractivity contribution >= 4 is 39.2 Å². The summed E-state index contributed by atoms with van der Waals surface area (Å²) < 4.78 is 12.3. The second kappa shape index (κ2) is 11.0. The third kappa shape index (κ3) is 6.26. The van der Waals surface area contributed by atoms with Crippen molar-refractivity contribution in [3.63, 3.8) is 0 Å². The molecule has 0 aromatic heterocycles. The van der Waals surface area contributed by atoms with Gasteiger partial charge in [-0.2, -0.15) is 5.10 Å². The number of rotatable bonds is 10. The van der Waals surface area contributed by atoms with Crippen LogP contribution in [0.2, 0.25) is 0 Å². The van der Waals surface area contributed by atoms with Crippen LogP contribution in [0.25, 0.3) is 0 Å². The molecule has 0 aliphatic rings. The molecule has 0 amide bonds. The first kappa shape index (κ1) is 23.7. The molecule has 0 saturated heterocycles. The SMILES string of the molecule is CCOc1cc(/C=N/Nc2ccc([N+](=O)[O-])cc2[N+](=O)[O-])cc(Br)c1OCc1ccccc1. The second-order valence-electron chi connectivity index (χ2n) is 6.62. The van der Waals surface area contributed by atoms with Gasteiger partial charge in [0.15, 0.2) is 11.5 Å². The molecular weight excluding hydrogens is 496 g/mol. The number of ether oxygens (including phenoxy) is 2. The molecule has 170 valence electrons. The molecule has 0 bridgehead atoms. The fraction of sp³-hybridized carbons (Fsp3) is 0.136. The van der Waals surface area contributed by atoms with Gasteiger partial charge in [0.25, 0.3) is 5.69 Å². The summed E-state index contributed by atoms with van der Waals surface area (Å²) in [6.07, 6.45) is 1.44. The number of anilines is 1. The molecule has 0 aliphatic carbocycles. The predicted octanol–water partition coefficient (Wildman–Crippen LogP) is 5.69. The Balaban J connectivity index is 1.79. The van der Waals surface area contributed by atoms with Gasteiger partial charge in [-0.05, 0) is 52.2 Å². The smallest absolute Gasteiger partial charge is 0.301 e. The first-order valence-electron chi connectivity index (χ1n) is 9.74. The van der Waals surface area contributed by atoms with Gasteiger partial charge in [-0.25, -0.2) is 0 Å². The van der Waals surface area contributed by atoms with Crippen molar-refractivity contribution in [1.82, 2.24) is 0 Å². The standard InChI is InChI=1S/C22H19BrN4O6/c1-2-32-21-11-16(10-18(23)22(21)33-14-15-6-4-3-5-7-15)13-24-25-19-9-8-17(26(28)29)12-20(19)27(30)31/h3-13,25H,2,14H2,1H3/b24-13+. The Morgan fingerprint density at radius 1 is 1.03 bits per heavy atom. The highest BCUT2D eigenvalue weighted by Crippen LogP contribution is 2.37. The van der Waals surface area contributed by atoms with E-state index in [0.29, 0.717) is 34.7 Å². The summed E-state index contributed by atoms with van der Waals surface area (Å²) in [5.74, 6) is 1.04. The van der Waals surface area contributed by atoms with E-state index in [0.717, 1.165) is 17.7 Å². The Kier molecular flexibility index (Phi) is 7.92. The average Bonchev–Trinajstić information content (AvgIpc) is 2.79. The Morgan fingerprint density at radius 2 is 1.79 bits per heavy atom. The van der Waals surface area contributed by atoms with E-state index in [1.165, 1.54) is 12.3 Å². The molecule has 0 fully saturated rings. The highest BCUT2D eigenvalue weighted by molar-refractivity contribution is 9.10. The van der Waals surface area contributed by atoms with E-state index in [4.69, 9.17) is 9.47 Å².